The predicted octanol–water partition coefficient (Wildman–Crippen LogP) is 4.46. The minimum Gasteiger partial charge on any atom is -0.465 e. The summed E-state index contributed by atoms with van der Waals surface area (Å²) in [6, 6.07) is 12.4. The number of esters is 1. The van der Waals surface area contributed by atoms with Crippen LogP contribution in [-0.4, -0.2) is 30.8 Å². The van der Waals surface area contributed by atoms with Gasteiger partial charge in [-0.3, -0.25) is 5.32 Å². The van der Waals surface area contributed by atoms with Gasteiger partial charge in [-0.1, -0.05) is 0 Å². The van der Waals surface area contributed by atoms with Gasteiger partial charge in [0.1, 0.15) is 5.60 Å². The fourth-order valence-electron chi connectivity index (χ4n) is 2.16. The molecule has 0 saturated carbocycles. The second kappa shape index (κ2) is 8.90. The minimum atomic E-state index is -0.585. The summed E-state index contributed by atoms with van der Waals surface area (Å²) in [6.45, 7) is 5.34. The summed E-state index contributed by atoms with van der Waals surface area (Å²) in [7, 11) is 1.30. The molecule has 0 aromatic heterocycles. The lowest BCUT2D eigenvalue weighted by Crippen LogP contribution is -2.27. The van der Waals surface area contributed by atoms with Gasteiger partial charge in [-0.05, 0) is 69.3 Å². The van der Waals surface area contributed by atoms with E-state index in [9.17, 15) is 14.4 Å². The number of rotatable bonds is 4. The third-order valence-electron chi connectivity index (χ3n) is 3.35. The standard InChI is InChI=1S/C20H23N3O5/c1-20(2,3)28-19(26)23-16-11-9-15(10-12-16)22-18(25)21-14-7-5-13(6-8-14)17(24)27-4/h5-12H,1-4H3,(H,23,26)(H2,21,22,25). The Bertz CT molecular complexity index is 840. The Morgan fingerprint density at radius 2 is 1.18 bits per heavy atom. The van der Waals surface area contributed by atoms with Gasteiger partial charge in [-0.15, -0.1) is 0 Å². The zero-order valence-electron chi connectivity index (χ0n) is 16.2. The van der Waals surface area contributed by atoms with Gasteiger partial charge in [-0.25, -0.2) is 14.4 Å². The Hall–Kier alpha value is -3.55. The number of methoxy groups -OCH3 is 1. The third kappa shape index (κ3) is 6.64. The number of hydrogen-bond donors (Lipinski definition) is 3. The summed E-state index contributed by atoms with van der Waals surface area (Å²) < 4.78 is 9.80. The Kier molecular flexibility index (Phi) is 6.59. The summed E-state index contributed by atoms with van der Waals surface area (Å²) >= 11 is 0. The molecule has 8 nitrogen and oxygen atoms in total. The van der Waals surface area contributed by atoms with E-state index in [-0.39, 0.29) is 0 Å². The third-order valence-corrected chi connectivity index (χ3v) is 3.35. The molecule has 2 aromatic rings. The number of nitrogens with one attached hydrogen (secondary N) is 3. The van der Waals surface area contributed by atoms with Crippen molar-refractivity contribution < 1.29 is 23.9 Å². The molecule has 0 aliphatic rings. The van der Waals surface area contributed by atoms with Crippen molar-refractivity contribution >= 4 is 35.2 Å². The van der Waals surface area contributed by atoms with Gasteiger partial charge in [0.15, 0.2) is 0 Å². The van der Waals surface area contributed by atoms with E-state index in [1.165, 1.54) is 7.11 Å². The molecule has 0 saturated heterocycles. The molecule has 28 heavy (non-hydrogen) atoms. The number of hydrogen-bond acceptors (Lipinski definition) is 5. The van der Waals surface area contributed by atoms with Crippen LogP contribution in [0.2, 0.25) is 0 Å². The molecule has 3 N–H and O–H groups in total. The van der Waals surface area contributed by atoms with E-state index in [0.29, 0.717) is 22.6 Å². The topological polar surface area (TPSA) is 106 Å². The molecule has 0 radical (unpaired) electrons. The van der Waals surface area contributed by atoms with E-state index in [4.69, 9.17) is 4.74 Å². The minimum absolute atomic E-state index is 0.390. The van der Waals surface area contributed by atoms with Crippen LogP contribution in [-0.2, 0) is 9.47 Å². The van der Waals surface area contributed by atoms with Crippen LogP contribution in [0.15, 0.2) is 48.5 Å². The van der Waals surface area contributed by atoms with Crippen molar-refractivity contribution in [3.05, 3.63) is 54.1 Å². The van der Waals surface area contributed by atoms with Crippen molar-refractivity contribution in [2.75, 3.05) is 23.1 Å². The molecule has 0 aliphatic carbocycles. The van der Waals surface area contributed by atoms with Crippen molar-refractivity contribution in [2.24, 2.45) is 0 Å². The van der Waals surface area contributed by atoms with Crippen molar-refractivity contribution in [3.8, 4) is 0 Å². The molecular weight excluding hydrogens is 362 g/mol. The fraction of sp³-hybridized carbons (Fsp3) is 0.250. The van der Waals surface area contributed by atoms with Crippen LogP contribution in [0.4, 0.5) is 26.7 Å². The summed E-state index contributed by atoms with van der Waals surface area (Å²) in [5.74, 6) is -0.448. The maximum Gasteiger partial charge on any atom is 0.412 e. The largest absolute Gasteiger partial charge is 0.465 e. The zero-order valence-corrected chi connectivity index (χ0v) is 16.2. The van der Waals surface area contributed by atoms with Gasteiger partial charge in [-0.2, -0.15) is 0 Å². The van der Waals surface area contributed by atoms with Crippen LogP contribution in [0.1, 0.15) is 31.1 Å². The van der Waals surface area contributed by atoms with Gasteiger partial charge < -0.3 is 20.1 Å². The van der Waals surface area contributed by atoms with Gasteiger partial charge >= 0.3 is 18.1 Å². The molecule has 0 spiro atoms. The van der Waals surface area contributed by atoms with E-state index in [1.54, 1.807) is 69.3 Å². The number of urea groups is 1. The molecule has 2 aromatic carbocycles. The molecule has 0 atom stereocenters. The molecule has 0 bridgehead atoms. The molecule has 0 fully saturated rings. The average Bonchev–Trinajstić information content (AvgIpc) is 2.61. The Labute approximate surface area is 163 Å². The maximum absolute atomic E-state index is 12.1. The first kappa shape index (κ1) is 20.8. The lowest BCUT2D eigenvalue weighted by atomic mass is 10.2. The van der Waals surface area contributed by atoms with E-state index in [0.717, 1.165) is 0 Å². The van der Waals surface area contributed by atoms with Gasteiger partial charge in [0.25, 0.3) is 0 Å². The van der Waals surface area contributed by atoms with E-state index >= 15 is 0 Å². The Balaban J connectivity index is 1.88. The Morgan fingerprint density at radius 1 is 0.750 bits per heavy atom. The molecule has 0 unspecified atom stereocenters. The highest BCUT2D eigenvalue weighted by Crippen LogP contribution is 2.16. The summed E-state index contributed by atoms with van der Waals surface area (Å²) in [6.07, 6.45) is -0.554. The van der Waals surface area contributed by atoms with Crippen LogP contribution in [0, 0.1) is 0 Å². The van der Waals surface area contributed by atoms with Crippen LogP contribution in [0.25, 0.3) is 0 Å². The number of benzene rings is 2. The molecular formula is C20H23N3O5. The molecule has 148 valence electrons. The predicted molar refractivity (Wildman–Crippen MR) is 107 cm³/mol. The normalized spacial score (nSPS) is 10.6. The quantitative estimate of drug-likeness (QED) is 0.674. The maximum atomic E-state index is 12.1. The lowest BCUT2D eigenvalue weighted by Gasteiger charge is -2.19. The highest BCUT2D eigenvalue weighted by molar-refractivity contribution is 6.00. The van der Waals surface area contributed by atoms with Crippen LogP contribution in [0.3, 0.4) is 0 Å². The smallest absolute Gasteiger partial charge is 0.412 e. The highest BCUT2D eigenvalue weighted by atomic mass is 16.6. The van der Waals surface area contributed by atoms with E-state index in [1.807, 2.05) is 0 Å². The number of anilines is 3. The van der Waals surface area contributed by atoms with E-state index < -0.39 is 23.7 Å². The van der Waals surface area contributed by atoms with Gasteiger partial charge in [0, 0.05) is 17.1 Å². The second-order valence-electron chi connectivity index (χ2n) is 6.85. The van der Waals surface area contributed by atoms with Crippen LogP contribution < -0.4 is 16.0 Å². The summed E-state index contributed by atoms with van der Waals surface area (Å²) in [4.78, 5) is 35.2. The molecule has 3 amide bonds. The van der Waals surface area contributed by atoms with Crippen molar-refractivity contribution in [1.29, 1.82) is 0 Å². The first-order valence-corrected chi connectivity index (χ1v) is 8.53. The first-order valence-electron chi connectivity index (χ1n) is 8.53. The van der Waals surface area contributed by atoms with Crippen molar-refractivity contribution in [2.45, 2.75) is 26.4 Å². The average molecular weight is 385 g/mol. The fourth-order valence-corrected chi connectivity index (χ4v) is 2.16. The molecule has 2 rings (SSSR count). The first-order chi connectivity index (χ1) is 13.2. The second-order valence-corrected chi connectivity index (χ2v) is 6.85. The lowest BCUT2D eigenvalue weighted by molar-refractivity contribution is 0.0598. The Morgan fingerprint density at radius 3 is 1.61 bits per heavy atom. The monoisotopic (exact) mass is 385 g/mol. The van der Waals surface area contributed by atoms with Crippen molar-refractivity contribution in [1.82, 2.24) is 0 Å². The van der Waals surface area contributed by atoms with Gasteiger partial charge in [0.05, 0.1) is 12.7 Å². The van der Waals surface area contributed by atoms with Crippen molar-refractivity contribution in [3.63, 3.8) is 0 Å². The van der Waals surface area contributed by atoms with Crippen LogP contribution in [0.5, 0.6) is 0 Å². The molecule has 0 heterocycles. The highest BCUT2D eigenvalue weighted by Gasteiger charge is 2.16. The molecule has 8 heteroatoms. The number of carbonyl (C=O) groups excluding carboxylic acids is 3. The SMILES string of the molecule is COC(=O)c1ccc(NC(=O)Nc2ccc(NC(=O)OC(C)(C)C)cc2)cc1. The van der Waals surface area contributed by atoms with Crippen LogP contribution >= 0.6 is 0 Å². The summed E-state index contributed by atoms with van der Waals surface area (Å²) in [5, 5.41) is 7.94. The number of amides is 3. The number of ether oxygens (including phenoxy) is 2. The summed E-state index contributed by atoms with van der Waals surface area (Å²) in [5.41, 5.74) is 1.41. The zero-order chi connectivity index (χ0) is 20.7. The molecule has 0 aliphatic heterocycles. The van der Waals surface area contributed by atoms with E-state index in [2.05, 4.69) is 20.7 Å². The number of carbonyl (C=O) groups is 3. The van der Waals surface area contributed by atoms with Gasteiger partial charge in [0.2, 0.25) is 0 Å².